The van der Waals surface area contributed by atoms with Gasteiger partial charge in [0, 0.05) is 12.3 Å². The molecule has 3 nitrogen and oxygen atoms in total. The monoisotopic (exact) mass is 191 g/mol. The van der Waals surface area contributed by atoms with Gasteiger partial charge in [0.15, 0.2) is 0 Å². The molecule has 1 rings (SSSR count). The number of hydrogen-bond donors (Lipinski definition) is 0. The summed E-state index contributed by atoms with van der Waals surface area (Å²) in [6, 6.07) is 0. The minimum Gasteiger partial charge on any atom is -0.301 e. The highest BCUT2D eigenvalue weighted by molar-refractivity contribution is 7.98. The standard InChI is InChI=1S/C6H10ClN3S/c1-5-8-9-6(7)10(5)3-4-11-2/h3-4H2,1-2H3. The number of rotatable bonds is 3. The lowest BCUT2D eigenvalue weighted by Gasteiger charge is -2.01. The average Bonchev–Trinajstić information content (AvgIpc) is 2.29. The van der Waals surface area contributed by atoms with Crippen LogP contribution < -0.4 is 0 Å². The van der Waals surface area contributed by atoms with Gasteiger partial charge in [-0.2, -0.15) is 11.8 Å². The molecular formula is C6H10ClN3S. The molecule has 1 aromatic heterocycles. The average molecular weight is 192 g/mol. The molecular weight excluding hydrogens is 182 g/mol. The molecule has 0 atom stereocenters. The molecule has 0 unspecified atom stereocenters. The van der Waals surface area contributed by atoms with E-state index in [9.17, 15) is 0 Å². The summed E-state index contributed by atoms with van der Waals surface area (Å²) in [6.07, 6.45) is 2.06. The summed E-state index contributed by atoms with van der Waals surface area (Å²) < 4.78 is 1.90. The Morgan fingerprint density at radius 1 is 1.55 bits per heavy atom. The van der Waals surface area contributed by atoms with E-state index in [4.69, 9.17) is 11.6 Å². The van der Waals surface area contributed by atoms with Crippen LogP contribution in [0.15, 0.2) is 0 Å². The Balaban J connectivity index is 2.67. The number of hydrogen-bond acceptors (Lipinski definition) is 3. The Hall–Kier alpha value is -0.220. The molecule has 0 amide bonds. The fraction of sp³-hybridized carbons (Fsp3) is 0.667. The minimum atomic E-state index is 0.483. The highest BCUT2D eigenvalue weighted by Crippen LogP contribution is 2.08. The second-order valence-electron chi connectivity index (χ2n) is 2.16. The quantitative estimate of drug-likeness (QED) is 0.728. The van der Waals surface area contributed by atoms with Gasteiger partial charge in [0.1, 0.15) is 5.82 Å². The van der Waals surface area contributed by atoms with Crippen molar-refractivity contribution >= 4 is 23.4 Å². The van der Waals surface area contributed by atoms with Crippen molar-refractivity contribution in [1.29, 1.82) is 0 Å². The summed E-state index contributed by atoms with van der Waals surface area (Å²) in [5.41, 5.74) is 0. The van der Waals surface area contributed by atoms with Gasteiger partial charge in [-0.15, -0.1) is 10.2 Å². The van der Waals surface area contributed by atoms with Gasteiger partial charge in [0.2, 0.25) is 5.28 Å². The molecule has 62 valence electrons. The predicted molar refractivity (Wildman–Crippen MR) is 48.2 cm³/mol. The number of halogens is 1. The third kappa shape index (κ3) is 2.10. The van der Waals surface area contributed by atoms with Crippen LogP contribution in [-0.4, -0.2) is 26.8 Å². The summed E-state index contributed by atoms with van der Waals surface area (Å²) in [5, 5.41) is 8.06. The zero-order chi connectivity index (χ0) is 8.27. The molecule has 0 N–H and O–H groups in total. The maximum atomic E-state index is 5.76. The summed E-state index contributed by atoms with van der Waals surface area (Å²) in [5.74, 6) is 1.92. The van der Waals surface area contributed by atoms with Gasteiger partial charge in [-0.3, -0.25) is 0 Å². The number of nitrogens with zero attached hydrogens (tertiary/aromatic N) is 3. The summed E-state index contributed by atoms with van der Waals surface area (Å²) >= 11 is 7.54. The normalized spacial score (nSPS) is 10.5. The van der Waals surface area contributed by atoms with Crippen LogP contribution in [0.5, 0.6) is 0 Å². The van der Waals surface area contributed by atoms with E-state index in [1.165, 1.54) is 0 Å². The van der Waals surface area contributed by atoms with Gasteiger partial charge in [-0.05, 0) is 24.8 Å². The molecule has 0 aliphatic rings. The Morgan fingerprint density at radius 3 is 2.73 bits per heavy atom. The highest BCUT2D eigenvalue weighted by atomic mass is 35.5. The second-order valence-corrected chi connectivity index (χ2v) is 3.48. The molecule has 0 bridgehead atoms. The third-order valence-corrected chi connectivity index (χ3v) is 2.28. The van der Waals surface area contributed by atoms with Crippen molar-refractivity contribution in [3.05, 3.63) is 11.1 Å². The first-order chi connectivity index (χ1) is 5.25. The summed E-state index contributed by atoms with van der Waals surface area (Å²) in [6.45, 7) is 2.79. The first-order valence-electron chi connectivity index (χ1n) is 3.30. The zero-order valence-electron chi connectivity index (χ0n) is 6.54. The first-order valence-corrected chi connectivity index (χ1v) is 5.07. The van der Waals surface area contributed by atoms with Crippen LogP contribution in [0.2, 0.25) is 5.28 Å². The largest absolute Gasteiger partial charge is 0.301 e. The predicted octanol–water partition coefficient (Wildman–Crippen LogP) is 1.60. The molecule has 0 saturated carbocycles. The van der Waals surface area contributed by atoms with E-state index in [2.05, 4.69) is 16.5 Å². The lowest BCUT2D eigenvalue weighted by atomic mass is 10.6. The Labute approximate surface area is 75.1 Å². The van der Waals surface area contributed by atoms with Crippen molar-refractivity contribution in [3.63, 3.8) is 0 Å². The van der Waals surface area contributed by atoms with Crippen LogP contribution in [0.3, 0.4) is 0 Å². The highest BCUT2D eigenvalue weighted by Gasteiger charge is 2.03. The van der Waals surface area contributed by atoms with E-state index >= 15 is 0 Å². The molecule has 0 saturated heterocycles. The van der Waals surface area contributed by atoms with E-state index in [1.807, 2.05) is 11.5 Å². The van der Waals surface area contributed by atoms with Crippen LogP contribution in [-0.2, 0) is 6.54 Å². The molecule has 0 aliphatic heterocycles. The maximum absolute atomic E-state index is 5.76. The van der Waals surface area contributed by atoms with E-state index in [1.54, 1.807) is 11.8 Å². The van der Waals surface area contributed by atoms with Gasteiger partial charge in [0.05, 0.1) is 0 Å². The van der Waals surface area contributed by atoms with Gasteiger partial charge in [-0.25, -0.2) is 0 Å². The molecule has 0 spiro atoms. The zero-order valence-corrected chi connectivity index (χ0v) is 8.11. The SMILES string of the molecule is CSCCn1c(C)nnc1Cl. The molecule has 1 aromatic rings. The third-order valence-electron chi connectivity index (χ3n) is 1.41. The Bertz CT molecular complexity index is 216. The smallest absolute Gasteiger partial charge is 0.225 e. The minimum absolute atomic E-state index is 0.483. The fourth-order valence-electron chi connectivity index (χ4n) is 0.792. The molecule has 5 heteroatoms. The van der Waals surface area contributed by atoms with E-state index in [0.717, 1.165) is 18.1 Å². The topological polar surface area (TPSA) is 30.7 Å². The van der Waals surface area contributed by atoms with Crippen LogP contribution in [0.4, 0.5) is 0 Å². The first kappa shape index (κ1) is 8.87. The van der Waals surface area contributed by atoms with Crippen molar-refractivity contribution in [2.75, 3.05) is 12.0 Å². The van der Waals surface area contributed by atoms with Crippen molar-refractivity contribution in [1.82, 2.24) is 14.8 Å². The van der Waals surface area contributed by atoms with Crippen LogP contribution >= 0.6 is 23.4 Å². The van der Waals surface area contributed by atoms with Crippen LogP contribution in [0, 0.1) is 6.92 Å². The van der Waals surface area contributed by atoms with E-state index in [0.29, 0.717) is 5.28 Å². The summed E-state index contributed by atoms with van der Waals surface area (Å²) in [7, 11) is 0. The maximum Gasteiger partial charge on any atom is 0.225 e. The molecule has 0 radical (unpaired) electrons. The van der Waals surface area contributed by atoms with Gasteiger partial charge >= 0.3 is 0 Å². The van der Waals surface area contributed by atoms with Gasteiger partial charge < -0.3 is 4.57 Å². The number of thioether (sulfide) groups is 1. The molecule has 0 aromatic carbocycles. The second kappa shape index (κ2) is 3.97. The fourth-order valence-corrected chi connectivity index (χ4v) is 1.40. The van der Waals surface area contributed by atoms with Crippen molar-refractivity contribution in [2.45, 2.75) is 13.5 Å². The molecule has 0 fully saturated rings. The van der Waals surface area contributed by atoms with Crippen molar-refractivity contribution in [2.24, 2.45) is 0 Å². The van der Waals surface area contributed by atoms with E-state index < -0.39 is 0 Å². The summed E-state index contributed by atoms with van der Waals surface area (Å²) in [4.78, 5) is 0. The lowest BCUT2D eigenvalue weighted by molar-refractivity contribution is 0.739. The van der Waals surface area contributed by atoms with E-state index in [-0.39, 0.29) is 0 Å². The molecule has 0 aliphatic carbocycles. The van der Waals surface area contributed by atoms with Crippen molar-refractivity contribution in [3.8, 4) is 0 Å². The van der Waals surface area contributed by atoms with Gasteiger partial charge in [0.25, 0.3) is 0 Å². The number of aromatic nitrogens is 3. The lowest BCUT2D eigenvalue weighted by Crippen LogP contribution is -2.02. The number of aryl methyl sites for hydroxylation is 1. The van der Waals surface area contributed by atoms with Crippen LogP contribution in [0.25, 0.3) is 0 Å². The molecule has 1 heterocycles. The Kier molecular flexibility index (Phi) is 3.20. The van der Waals surface area contributed by atoms with Gasteiger partial charge in [-0.1, -0.05) is 0 Å². The molecule has 11 heavy (non-hydrogen) atoms. The Morgan fingerprint density at radius 2 is 2.27 bits per heavy atom. The van der Waals surface area contributed by atoms with Crippen molar-refractivity contribution < 1.29 is 0 Å². The van der Waals surface area contributed by atoms with Crippen LogP contribution in [0.1, 0.15) is 5.82 Å².